The second kappa shape index (κ2) is 6.14. The van der Waals surface area contributed by atoms with Crippen molar-refractivity contribution in [3.63, 3.8) is 0 Å². The molecule has 1 unspecified atom stereocenters. The van der Waals surface area contributed by atoms with Gasteiger partial charge in [0.1, 0.15) is 0 Å². The molecule has 7 nitrogen and oxygen atoms in total. The van der Waals surface area contributed by atoms with Crippen LogP contribution in [0.1, 0.15) is 20.3 Å². The highest BCUT2D eigenvalue weighted by atomic mass is 16.4. The predicted molar refractivity (Wildman–Crippen MR) is 73.7 cm³/mol. The van der Waals surface area contributed by atoms with Crippen molar-refractivity contribution in [2.24, 2.45) is 5.92 Å². The van der Waals surface area contributed by atoms with Crippen LogP contribution in [0.15, 0.2) is 30.3 Å². The van der Waals surface area contributed by atoms with Crippen LogP contribution in [0.5, 0.6) is 0 Å². The van der Waals surface area contributed by atoms with E-state index in [-0.39, 0.29) is 18.4 Å². The molecule has 1 aromatic carbocycles. The van der Waals surface area contributed by atoms with Gasteiger partial charge in [0.15, 0.2) is 0 Å². The zero-order valence-corrected chi connectivity index (χ0v) is 11.4. The molecule has 0 saturated carbocycles. The lowest BCUT2D eigenvalue weighted by Crippen LogP contribution is -2.30. The van der Waals surface area contributed by atoms with Crippen molar-refractivity contribution in [3.8, 4) is 5.69 Å². The van der Waals surface area contributed by atoms with Crippen LogP contribution in [0.4, 0.5) is 5.95 Å². The van der Waals surface area contributed by atoms with Crippen molar-refractivity contribution in [3.05, 3.63) is 30.3 Å². The number of aromatic nitrogens is 4. The van der Waals surface area contributed by atoms with Crippen molar-refractivity contribution < 1.29 is 9.90 Å². The van der Waals surface area contributed by atoms with E-state index >= 15 is 0 Å². The van der Waals surface area contributed by atoms with Gasteiger partial charge < -0.3 is 10.4 Å². The van der Waals surface area contributed by atoms with Crippen molar-refractivity contribution in [1.82, 2.24) is 20.2 Å². The number of benzene rings is 1. The Morgan fingerprint density at radius 1 is 1.35 bits per heavy atom. The standard InChI is InChI=1S/C13H17N5O2/c1-9(2)11(8-12(19)20)14-13-15-16-17-18(13)10-6-4-3-5-7-10/h3-7,9,11H,8H2,1-2H3,(H,19,20)(H,14,15,17). The van der Waals surface area contributed by atoms with E-state index < -0.39 is 5.97 Å². The first-order valence-electron chi connectivity index (χ1n) is 6.40. The van der Waals surface area contributed by atoms with Gasteiger partial charge >= 0.3 is 5.97 Å². The van der Waals surface area contributed by atoms with E-state index in [4.69, 9.17) is 5.11 Å². The van der Waals surface area contributed by atoms with Crippen LogP contribution in [0.25, 0.3) is 5.69 Å². The molecule has 1 aromatic heterocycles. The summed E-state index contributed by atoms with van der Waals surface area (Å²) < 4.78 is 1.55. The van der Waals surface area contributed by atoms with Crippen molar-refractivity contribution >= 4 is 11.9 Å². The summed E-state index contributed by atoms with van der Waals surface area (Å²) in [5, 5.41) is 23.5. The summed E-state index contributed by atoms with van der Waals surface area (Å²) in [4.78, 5) is 10.9. The van der Waals surface area contributed by atoms with Crippen LogP contribution in [0, 0.1) is 5.92 Å². The van der Waals surface area contributed by atoms with Gasteiger partial charge in [0.2, 0.25) is 5.95 Å². The molecule has 0 aliphatic carbocycles. The molecule has 0 fully saturated rings. The van der Waals surface area contributed by atoms with E-state index in [2.05, 4.69) is 20.8 Å². The number of carbonyl (C=O) groups is 1. The van der Waals surface area contributed by atoms with E-state index in [1.54, 1.807) is 4.68 Å². The van der Waals surface area contributed by atoms with E-state index in [9.17, 15) is 4.79 Å². The molecule has 7 heteroatoms. The third kappa shape index (κ3) is 3.31. The van der Waals surface area contributed by atoms with Crippen LogP contribution in [-0.2, 0) is 4.79 Å². The number of rotatable bonds is 6. The first kappa shape index (κ1) is 14.0. The molecule has 0 spiro atoms. The number of nitrogens with zero attached hydrogens (tertiary/aromatic N) is 4. The number of para-hydroxylation sites is 1. The number of hydrogen-bond donors (Lipinski definition) is 2. The van der Waals surface area contributed by atoms with Gasteiger partial charge in [-0.3, -0.25) is 4.79 Å². The van der Waals surface area contributed by atoms with Gasteiger partial charge in [-0.15, -0.1) is 0 Å². The topological polar surface area (TPSA) is 92.9 Å². The summed E-state index contributed by atoms with van der Waals surface area (Å²) in [5.74, 6) is -0.266. The molecule has 0 aliphatic rings. The molecule has 2 rings (SSSR count). The highest BCUT2D eigenvalue weighted by Gasteiger charge is 2.20. The Kier molecular flexibility index (Phi) is 4.29. The molecule has 2 aromatic rings. The van der Waals surface area contributed by atoms with Crippen LogP contribution >= 0.6 is 0 Å². The van der Waals surface area contributed by atoms with Gasteiger partial charge in [-0.1, -0.05) is 37.1 Å². The minimum Gasteiger partial charge on any atom is -0.481 e. The maximum atomic E-state index is 10.9. The molecule has 0 saturated heterocycles. The normalized spacial score (nSPS) is 12.3. The van der Waals surface area contributed by atoms with Gasteiger partial charge in [0.05, 0.1) is 12.1 Å². The molecule has 1 heterocycles. The minimum absolute atomic E-state index is 0.0132. The van der Waals surface area contributed by atoms with Gasteiger partial charge in [-0.25, -0.2) is 0 Å². The van der Waals surface area contributed by atoms with Crippen molar-refractivity contribution in [2.45, 2.75) is 26.3 Å². The molecule has 1 atom stereocenters. The van der Waals surface area contributed by atoms with Crippen LogP contribution in [0.2, 0.25) is 0 Å². The highest BCUT2D eigenvalue weighted by Crippen LogP contribution is 2.16. The van der Waals surface area contributed by atoms with Crippen molar-refractivity contribution in [2.75, 3.05) is 5.32 Å². The molecule has 0 bridgehead atoms. The zero-order chi connectivity index (χ0) is 14.5. The van der Waals surface area contributed by atoms with Gasteiger partial charge in [-0.05, 0) is 28.5 Å². The van der Waals surface area contributed by atoms with Crippen LogP contribution < -0.4 is 5.32 Å². The number of carboxylic acids is 1. The lowest BCUT2D eigenvalue weighted by molar-refractivity contribution is -0.137. The molecule has 2 N–H and O–H groups in total. The number of hydrogen-bond acceptors (Lipinski definition) is 5. The first-order chi connectivity index (χ1) is 9.58. The van der Waals surface area contributed by atoms with E-state index in [0.717, 1.165) is 5.69 Å². The van der Waals surface area contributed by atoms with Crippen LogP contribution in [-0.4, -0.2) is 37.3 Å². The number of anilines is 1. The summed E-state index contributed by atoms with van der Waals surface area (Å²) in [6.07, 6.45) is 0.0132. The quantitative estimate of drug-likeness (QED) is 0.831. The Labute approximate surface area is 116 Å². The Bertz CT molecular complexity index is 567. The summed E-state index contributed by atoms with van der Waals surface area (Å²) in [7, 11) is 0. The van der Waals surface area contributed by atoms with Gasteiger partial charge in [0, 0.05) is 6.04 Å². The van der Waals surface area contributed by atoms with Crippen LogP contribution in [0.3, 0.4) is 0 Å². The third-order valence-electron chi connectivity index (χ3n) is 2.98. The monoisotopic (exact) mass is 275 g/mol. The number of nitrogens with one attached hydrogen (secondary N) is 1. The Morgan fingerprint density at radius 3 is 2.65 bits per heavy atom. The molecule has 0 radical (unpaired) electrons. The maximum Gasteiger partial charge on any atom is 0.305 e. The summed E-state index contributed by atoms with van der Waals surface area (Å²) in [6.45, 7) is 3.91. The third-order valence-corrected chi connectivity index (χ3v) is 2.98. The smallest absolute Gasteiger partial charge is 0.305 e. The molecular formula is C13H17N5O2. The predicted octanol–water partition coefficient (Wildman–Crippen LogP) is 1.57. The summed E-state index contributed by atoms with van der Waals surface area (Å²) in [6, 6.07) is 9.20. The first-order valence-corrected chi connectivity index (χ1v) is 6.40. The molecular weight excluding hydrogens is 258 g/mol. The Morgan fingerprint density at radius 2 is 2.05 bits per heavy atom. The second-order valence-corrected chi connectivity index (χ2v) is 4.84. The molecule has 106 valence electrons. The molecule has 0 amide bonds. The summed E-state index contributed by atoms with van der Waals surface area (Å²) >= 11 is 0. The van der Waals surface area contributed by atoms with E-state index in [0.29, 0.717) is 5.95 Å². The van der Waals surface area contributed by atoms with E-state index in [1.807, 2.05) is 44.2 Å². The highest BCUT2D eigenvalue weighted by molar-refractivity contribution is 5.68. The fraction of sp³-hybridized carbons (Fsp3) is 0.385. The number of aliphatic carboxylic acids is 1. The molecule has 0 aliphatic heterocycles. The second-order valence-electron chi connectivity index (χ2n) is 4.84. The fourth-order valence-electron chi connectivity index (χ4n) is 1.83. The lowest BCUT2D eigenvalue weighted by atomic mass is 10.0. The zero-order valence-electron chi connectivity index (χ0n) is 11.4. The summed E-state index contributed by atoms with van der Waals surface area (Å²) in [5.41, 5.74) is 0.817. The Hall–Kier alpha value is -2.44. The lowest BCUT2D eigenvalue weighted by Gasteiger charge is -2.20. The maximum absolute atomic E-state index is 10.9. The van der Waals surface area contributed by atoms with Gasteiger partial charge in [-0.2, -0.15) is 4.68 Å². The number of tetrazole rings is 1. The number of carboxylic acid groups (broad SMARTS) is 1. The fourth-order valence-corrected chi connectivity index (χ4v) is 1.83. The Balaban J connectivity index is 2.21. The van der Waals surface area contributed by atoms with Gasteiger partial charge in [0.25, 0.3) is 0 Å². The van der Waals surface area contributed by atoms with E-state index in [1.165, 1.54) is 0 Å². The average Bonchev–Trinajstić information content (AvgIpc) is 2.86. The average molecular weight is 275 g/mol. The molecule has 20 heavy (non-hydrogen) atoms. The largest absolute Gasteiger partial charge is 0.481 e. The SMILES string of the molecule is CC(C)C(CC(=O)O)Nc1nnnn1-c1ccccc1. The van der Waals surface area contributed by atoms with Crippen molar-refractivity contribution in [1.29, 1.82) is 0 Å². The minimum atomic E-state index is -0.852.